The lowest BCUT2D eigenvalue weighted by molar-refractivity contribution is 0.163. The van der Waals surface area contributed by atoms with Gasteiger partial charge in [-0.1, -0.05) is 0 Å². The van der Waals surface area contributed by atoms with Gasteiger partial charge in [-0.15, -0.1) is 0 Å². The molecule has 0 aromatic carbocycles. The molecule has 0 aromatic heterocycles. The Kier molecular flexibility index (Phi) is 1.02. The topological polar surface area (TPSA) is 52.3 Å². The molecule has 0 aliphatic carbocycles. The summed E-state index contributed by atoms with van der Waals surface area (Å²) in [5.41, 5.74) is -0.108. The molecular weight excluding hydrogens is 82.0 g/mol. The van der Waals surface area contributed by atoms with E-state index in [1.165, 1.54) is 0 Å². The molecule has 0 radical (unpaired) electrons. The van der Waals surface area contributed by atoms with Gasteiger partial charge in [0.05, 0.1) is 6.61 Å². The smallest absolute Gasteiger partial charge is 0.404 e. The molecule has 36 valence electrons. The number of ether oxygens (including phenoxy) is 1. The van der Waals surface area contributed by atoms with Crippen molar-refractivity contribution in [1.82, 2.24) is 0 Å². The number of nitrogens with two attached hydrogens (primary N) is 1. The average Bonchev–Trinajstić information content (AvgIpc) is 1.67. The molecule has 0 aromatic rings. The summed E-state index contributed by atoms with van der Waals surface area (Å²) in [6.07, 6.45) is -0.951. The number of hydrogen-bond acceptors (Lipinski definition) is 2. The van der Waals surface area contributed by atoms with Gasteiger partial charge in [0.2, 0.25) is 0 Å². The first kappa shape index (κ1) is 2.44. The Labute approximate surface area is 39.0 Å². The van der Waals surface area contributed by atoms with Crippen molar-refractivity contribution in [2.24, 2.45) is 5.72 Å². The van der Waals surface area contributed by atoms with Gasteiger partial charge in [-0.25, -0.2) is 4.79 Å². The van der Waals surface area contributed by atoms with E-state index in [0.717, 1.165) is 0 Å². The predicted molar refractivity (Wildman–Crippen MR) is 21.2 cm³/mol. The Hall–Kier alpha value is -0.730. The van der Waals surface area contributed by atoms with E-state index in [9.17, 15) is 4.79 Å². The molecule has 1 amide bonds. The summed E-state index contributed by atoms with van der Waals surface area (Å²) >= 11 is 0. The van der Waals surface area contributed by atoms with Crippen molar-refractivity contribution in [3.05, 3.63) is 0 Å². The largest absolute Gasteiger partial charge is 0.450 e. The van der Waals surface area contributed by atoms with Gasteiger partial charge in [-0.2, -0.15) is 0 Å². The normalized spacial score (nSPS) is 11.5. The summed E-state index contributed by atoms with van der Waals surface area (Å²) in [6.45, 7) is 1.81. The Morgan fingerprint density at radius 1 is 2.33 bits per heavy atom. The summed E-state index contributed by atoms with van der Waals surface area (Å²) in [5, 5.41) is 0. The molecule has 3 nitrogen and oxygen atoms in total. The van der Waals surface area contributed by atoms with Gasteiger partial charge in [-0.05, 0) is 6.92 Å². The van der Waals surface area contributed by atoms with Crippen LogP contribution in [0.1, 0.15) is 6.92 Å². The number of rotatable bonds is 1. The lowest BCUT2D eigenvalue weighted by Gasteiger charge is -1.89. The third-order valence-corrected chi connectivity index (χ3v) is 0.268. The van der Waals surface area contributed by atoms with Gasteiger partial charge in [0, 0.05) is 0 Å². The highest BCUT2D eigenvalue weighted by molar-refractivity contribution is 5.64. The lowest BCUT2D eigenvalue weighted by atomic mass is 10.9. The van der Waals surface area contributed by atoms with Crippen LogP contribution >= 0.6 is 0 Å². The highest BCUT2D eigenvalue weighted by atomic mass is 16.5. The molecular formula is C3H7NO2. The quantitative estimate of drug-likeness (QED) is 0.497. The summed E-state index contributed by atoms with van der Waals surface area (Å²) in [4.78, 5) is 10.1. The molecule has 3 heteroatoms. The van der Waals surface area contributed by atoms with Crippen LogP contribution in [0.3, 0.4) is 0 Å². The molecule has 0 atom stereocenters. The van der Waals surface area contributed by atoms with Crippen LogP contribution in [-0.2, 0) is 4.74 Å². The van der Waals surface area contributed by atoms with Gasteiger partial charge < -0.3 is 10.5 Å². The molecule has 2 N–H and O–H groups in total. The first-order valence-corrected chi connectivity index (χ1v) is 1.63. The van der Waals surface area contributed by atoms with Crippen LogP contribution in [-0.4, -0.2) is 12.7 Å². The van der Waals surface area contributed by atoms with Gasteiger partial charge in [0.1, 0.15) is 0 Å². The van der Waals surface area contributed by atoms with Gasteiger partial charge in [0.25, 0.3) is 0 Å². The molecule has 0 unspecified atom stereocenters. The van der Waals surface area contributed by atoms with Crippen LogP contribution in [0.4, 0.5) is 4.79 Å². The third kappa shape index (κ3) is 3.27. The molecule has 0 bridgehead atoms. The van der Waals surface area contributed by atoms with E-state index in [2.05, 4.69) is 4.74 Å². The van der Waals surface area contributed by atoms with Crippen molar-refractivity contribution in [2.45, 2.75) is 6.92 Å². The Morgan fingerprint density at radius 3 is 3.17 bits per heavy atom. The van der Waals surface area contributed by atoms with Crippen LogP contribution < -0.4 is 5.72 Å². The van der Waals surface area contributed by atoms with Crippen molar-refractivity contribution in [3.8, 4) is 0 Å². The highest BCUT2D eigenvalue weighted by Crippen LogP contribution is 1.66. The van der Waals surface area contributed by atoms with Crippen molar-refractivity contribution < 1.29 is 12.4 Å². The second-order valence-corrected chi connectivity index (χ2v) is 0.699. The lowest BCUT2D eigenvalue weighted by Crippen LogP contribution is -2.11. The van der Waals surface area contributed by atoms with E-state index in [-0.39, 0.29) is 12.3 Å². The minimum Gasteiger partial charge on any atom is -0.450 e. The Morgan fingerprint density at radius 2 is 3.00 bits per heavy atom. The zero-order chi connectivity index (χ0) is 6.57. The zero-order valence-corrected chi connectivity index (χ0v) is 3.47. The number of hydrogen-bond donors (Lipinski definition) is 1. The van der Waals surface area contributed by atoms with E-state index in [0.29, 0.717) is 0 Å². The standard InChI is InChI=1S/C3H7NO2/c1-2-6-3(4)5/h2H2,1H3,(H2,4,5)/i/hD2. The second kappa shape index (κ2) is 2.50. The van der Waals surface area contributed by atoms with Crippen molar-refractivity contribution in [1.29, 1.82) is 0 Å². The second-order valence-electron chi connectivity index (χ2n) is 0.699. The third-order valence-electron chi connectivity index (χ3n) is 0.268. The van der Waals surface area contributed by atoms with Crippen LogP contribution in [0.5, 0.6) is 0 Å². The molecule has 0 aliphatic heterocycles. The van der Waals surface area contributed by atoms with Crippen LogP contribution in [0.2, 0.25) is 2.82 Å². The number of primary amides is 1. The maximum atomic E-state index is 10.1. The van der Waals surface area contributed by atoms with Crippen LogP contribution in [0.25, 0.3) is 0 Å². The Bertz CT molecular complexity index is 85.4. The molecule has 0 heterocycles. The van der Waals surface area contributed by atoms with Crippen LogP contribution in [0.15, 0.2) is 0 Å². The van der Waals surface area contributed by atoms with E-state index >= 15 is 0 Å². The van der Waals surface area contributed by atoms with Crippen molar-refractivity contribution in [3.63, 3.8) is 0 Å². The number of amides is 1. The summed E-state index contributed by atoms with van der Waals surface area (Å²) in [6, 6.07) is 0. The summed E-state index contributed by atoms with van der Waals surface area (Å²) in [7, 11) is 0. The van der Waals surface area contributed by atoms with E-state index < -0.39 is 6.09 Å². The minimum absolute atomic E-state index is 0.108. The van der Waals surface area contributed by atoms with E-state index in [1.807, 2.05) is 0 Å². The molecule has 0 rings (SSSR count). The maximum Gasteiger partial charge on any atom is 0.404 e. The number of carbonyl (C=O) groups excluding carboxylic acids is 1. The fourth-order valence-electron chi connectivity index (χ4n) is 0.123. The van der Waals surface area contributed by atoms with Crippen LogP contribution in [0, 0.1) is 0 Å². The van der Waals surface area contributed by atoms with E-state index in [4.69, 9.17) is 2.82 Å². The number of carbonyl (C=O) groups is 1. The SMILES string of the molecule is [2H]N([2H])C(=O)OCC. The molecule has 0 aliphatic rings. The van der Waals surface area contributed by atoms with Crippen molar-refractivity contribution in [2.75, 3.05) is 6.61 Å². The highest BCUT2D eigenvalue weighted by Gasteiger charge is 1.82. The molecule has 0 spiro atoms. The molecule has 0 saturated heterocycles. The van der Waals surface area contributed by atoms with Crippen molar-refractivity contribution >= 4 is 6.09 Å². The molecule has 6 heavy (non-hydrogen) atoms. The first-order chi connectivity index (χ1) is 3.68. The predicted octanol–water partition coefficient (Wildman–Crippen LogP) is 0.102. The van der Waals surface area contributed by atoms with E-state index in [1.54, 1.807) is 6.92 Å². The zero-order valence-electron chi connectivity index (χ0n) is 5.47. The first-order valence-electron chi connectivity index (χ1n) is 2.52. The van der Waals surface area contributed by atoms with Gasteiger partial charge in [-0.3, -0.25) is 0 Å². The fraction of sp³-hybridized carbons (Fsp3) is 0.667. The fourth-order valence-corrected chi connectivity index (χ4v) is 0.123. The monoisotopic (exact) mass is 91.1 g/mol. The summed E-state index contributed by atoms with van der Waals surface area (Å²) in [5.74, 6) is 0. The minimum atomic E-state index is -0.951. The van der Waals surface area contributed by atoms with Gasteiger partial charge >= 0.3 is 6.09 Å². The maximum absolute atomic E-state index is 10.1. The van der Waals surface area contributed by atoms with Gasteiger partial charge in [0.15, 0.2) is 2.82 Å². The Balaban J connectivity index is 3.33. The average molecular weight is 91.1 g/mol. The molecule has 0 saturated carbocycles. The molecule has 0 fully saturated rings. The summed E-state index contributed by atoms with van der Waals surface area (Å²) < 4.78 is 16.8.